The van der Waals surface area contributed by atoms with Gasteiger partial charge in [0.25, 0.3) is 0 Å². The molecule has 0 aromatic heterocycles. The molecule has 1 unspecified atom stereocenters. The average molecular weight is 351 g/mol. The Hall–Kier alpha value is -1.47. The van der Waals surface area contributed by atoms with Gasteiger partial charge in [0, 0.05) is 5.56 Å². The van der Waals surface area contributed by atoms with Crippen molar-refractivity contribution in [3.05, 3.63) is 28.3 Å². The van der Waals surface area contributed by atoms with Gasteiger partial charge in [-0.05, 0) is 6.08 Å². The number of halogens is 4. The number of ether oxygens (including phenoxy) is 1. The highest BCUT2D eigenvalue weighted by molar-refractivity contribution is 6.88. The third-order valence-corrected chi connectivity index (χ3v) is 5.61. The Morgan fingerprint density at radius 3 is 2.36 bits per heavy atom. The highest BCUT2D eigenvalue weighted by Gasteiger charge is 2.48. The van der Waals surface area contributed by atoms with E-state index in [4.69, 9.17) is 21.4 Å². The SMILES string of the molecule is C[Si-](C)(C)c1cc(Cl)c2c(c1)C=C(C(=O)O)C(C(F)(F)F)O2. The van der Waals surface area contributed by atoms with E-state index < -0.39 is 31.9 Å². The van der Waals surface area contributed by atoms with Crippen molar-refractivity contribution in [1.82, 2.24) is 0 Å². The maximum absolute atomic E-state index is 13.0. The molecule has 0 fully saturated rings. The molecule has 1 aromatic rings. The molecule has 0 saturated carbocycles. The first-order valence-electron chi connectivity index (χ1n) is 6.43. The summed E-state index contributed by atoms with van der Waals surface area (Å²) in [6.07, 6.45) is -6.36. The van der Waals surface area contributed by atoms with Crippen molar-refractivity contribution in [3.8, 4) is 5.75 Å². The van der Waals surface area contributed by atoms with E-state index in [1.165, 1.54) is 0 Å². The Morgan fingerprint density at radius 2 is 1.91 bits per heavy atom. The van der Waals surface area contributed by atoms with Crippen LogP contribution in [-0.2, 0) is 4.79 Å². The van der Waals surface area contributed by atoms with Gasteiger partial charge in [-0.25, -0.2) is 4.79 Å². The molecule has 1 aliphatic heterocycles. The van der Waals surface area contributed by atoms with Crippen LogP contribution in [0.5, 0.6) is 5.75 Å². The number of benzene rings is 1. The summed E-state index contributed by atoms with van der Waals surface area (Å²) in [4.78, 5) is 11.1. The van der Waals surface area contributed by atoms with E-state index in [0.29, 0.717) is 0 Å². The molecule has 121 valence electrons. The third-order valence-electron chi connectivity index (χ3n) is 3.31. The summed E-state index contributed by atoms with van der Waals surface area (Å²) in [7, 11) is -1.77. The maximum atomic E-state index is 13.0. The van der Waals surface area contributed by atoms with Crippen LogP contribution in [0.1, 0.15) is 5.56 Å². The Kier molecular flexibility index (Phi) is 4.08. The van der Waals surface area contributed by atoms with Gasteiger partial charge in [-0.3, -0.25) is 0 Å². The summed E-state index contributed by atoms with van der Waals surface area (Å²) in [6.45, 7) is 6.15. The minimum atomic E-state index is -4.83. The van der Waals surface area contributed by atoms with Crippen LogP contribution in [-0.4, -0.2) is 31.4 Å². The molecule has 0 spiro atoms. The normalized spacial score (nSPS) is 18.3. The zero-order chi connectivity index (χ0) is 16.9. The Bertz CT molecular complexity index is 663. The van der Waals surface area contributed by atoms with Crippen molar-refractivity contribution in [2.24, 2.45) is 0 Å². The molecule has 1 aromatic carbocycles. The van der Waals surface area contributed by atoms with Crippen LogP contribution < -0.4 is 9.92 Å². The van der Waals surface area contributed by atoms with Crippen molar-refractivity contribution in [3.63, 3.8) is 0 Å². The molecule has 8 heteroatoms. The van der Waals surface area contributed by atoms with Crippen LogP contribution in [0.4, 0.5) is 13.2 Å². The molecule has 1 atom stereocenters. The molecule has 0 aliphatic carbocycles. The van der Waals surface area contributed by atoms with Crippen LogP contribution in [0, 0.1) is 0 Å². The fraction of sp³-hybridized carbons (Fsp3) is 0.357. The van der Waals surface area contributed by atoms with Crippen LogP contribution >= 0.6 is 11.6 Å². The molecule has 0 saturated heterocycles. The molecule has 3 nitrogen and oxygen atoms in total. The van der Waals surface area contributed by atoms with Gasteiger partial charge in [-0.2, -0.15) is 38.0 Å². The number of hydrogen-bond donors (Lipinski definition) is 1. The number of rotatable bonds is 2. The first-order chi connectivity index (χ1) is 9.91. The summed E-state index contributed by atoms with van der Waals surface area (Å²) in [6, 6.07) is 3.25. The monoisotopic (exact) mass is 350 g/mol. The second kappa shape index (κ2) is 5.31. The van der Waals surface area contributed by atoms with E-state index in [1.54, 1.807) is 12.1 Å². The van der Waals surface area contributed by atoms with Crippen molar-refractivity contribution in [1.29, 1.82) is 0 Å². The smallest absolute Gasteiger partial charge is 0.430 e. The lowest BCUT2D eigenvalue weighted by Crippen LogP contribution is -2.41. The molecular formula is C14H14ClF3O3Si-. The van der Waals surface area contributed by atoms with Crippen LogP contribution in [0.15, 0.2) is 17.7 Å². The Balaban J connectivity index is 2.64. The quantitative estimate of drug-likeness (QED) is 0.828. The van der Waals surface area contributed by atoms with E-state index in [-0.39, 0.29) is 16.3 Å². The van der Waals surface area contributed by atoms with Crippen molar-refractivity contribution in [2.75, 3.05) is 0 Å². The third kappa shape index (κ3) is 3.15. The molecule has 1 heterocycles. The second-order valence-corrected chi connectivity index (χ2v) is 11.6. The molecule has 0 bridgehead atoms. The van der Waals surface area contributed by atoms with Gasteiger partial charge in [-0.15, -0.1) is 8.07 Å². The van der Waals surface area contributed by atoms with Gasteiger partial charge >= 0.3 is 12.1 Å². The van der Waals surface area contributed by atoms with Gasteiger partial charge in [0.2, 0.25) is 6.10 Å². The van der Waals surface area contributed by atoms with Crippen molar-refractivity contribution in [2.45, 2.75) is 31.9 Å². The molecular weight excluding hydrogens is 337 g/mol. The lowest BCUT2D eigenvalue weighted by Gasteiger charge is -2.33. The van der Waals surface area contributed by atoms with Gasteiger partial charge < -0.3 is 9.84 Å². The minimum absolute atomic E-state index is 0.0601. The predicted molar refractivity (Wildman–Crippen MR) is 80.5 cm³/mol. The van der Waals surface area contributed by atoms with E-state index in [0.717, 1.165) is 11.3 Å². The molecule has 2 rings (SSSR count). The Labute approximate surface area is 131 Å². The summed E-state index contributed by atoms with van der Waals surface area (Å²) in [5, 5.41) is 9.99. The van der Waals surface area contributed by atoms with Gasteiger partial charge in [0.15, 0.2) is 0 Å². The summed E-state index contributed by atoms with van der Waals surface area (Å²) < 4.78 is 43.8. The minimum Gasteiger partial charge on any atom is -0.478 e. The number of aliphatic carboxylic acids is 1. The van der Waals surface area contributed by atoms with Gasteiger partial charge in [-0.1, -0.05) is 23.7 Å². The number of alkyl halides is 3. The number of carboxylic acids is 1. The van der Waals surface area contributed by atoms with Crippen LogP contribution in [0.2, 0.25) is 24.7 Å². The van der Waals surface area contributed by atoms with Gasteiger partial charge in [0.05, 0.1) is 10.6 Å². The standard InChI is InChI=1S/C14H14ClF3O3Si/c1-22(2,3)8-4-7-5-9(13(19)20)12(14(16,17)18)21-11(7)10(15)6-8/h4-6,12H,1-3H3,(H,19,20)/q-1. The number of fused-ring (bicyclic) bond motifs is 1. The van der Waals surface area contributed by atoms with Gasteiger partial charge in [0.1, 0.15) is 5.75 Å². The number of carboxylic acid groups (broad SMARTS) is 1. The highest BCUT2D eigenvalue weighted by Crippen LogP contribution is 2.40. The summed E-state index contributed by atoms with van der Waals surface area (Å²) >= 11 is 6.05. The second-order valence-electron chi connectivity index (χ2n) is 6.07. The Morgan fingerprint density at radius 1 is 1.32 bits per heavy atom. The van der Waals surface area contributed by atoms with Crippen LogP contribution in [0.3, 0.4) is 0 Å². The topological polar surface area (TPSA) is 46.5 Å². The van der Waals surface area contributed by atoms with E-state index in [2.05, 4.69) is 19.6 Å². The summed E-state index contributed by atoms with van der Waals surface area (Å²) in [5.74, 6) is -1.79. The molecule has 1 N–H and O–H groups in total. The lowest BCUT2D eigenvalue weighted by atomic mass is 10.0. The van der Waals surface area contributed by atoms with Crippen molar-refractivity contribution < 1.29 is 27.8 Å². The molecule has 1 aliphatic rings. The van der Waals surface area contributed by atoms with E-state index >= 15 is 0 Å². The average Bonchev–Trinajstić information content (AvgIpc) is 2.34. The molecule has 0 amide bonds. The first-order valence-corrected chi connectivity index (χ1v) is 10.3. The fourth-order valence-corrected chi connectivity index (χ4v) is 3.65. The van der Waals surface area contributed by atoms with E-state index in [1.807, 2.05) is 0 Å². The largest absolute Gasteiger partial charge is 0.478 e. The maximum Gasteiger partial charge on any atom is 0.430 e. The molecule has 22 heavy (non-hydrogen) atoms. The predicted octanol–water partition coefficient (Wildman–Crippen LogP) is 3.68. The zero-order valence-electron chi connectivity index (χ0n) is 12.1. The lowest BCUT2D eigenvalue weighted by molar-refractivity contribution is -0.187. The van der Waals surface area contributed by atoms with Crippen molar-refractivity contribution >= 4 is 36.9 Å². The highest BCUT2D eigenvalue weighted by atomic mass is 35.5. The van der Waals surface area contributed by atoms with Crippen LogP contribution in [0.25, 0.3) is 6.08 Å². The number of hydrogen-bond acceptors (Lipinski definition) is 2. The fourth-order valence-electron chi connectivity index (χ4n) is 2.12. The summed E-state index contributed by atoms with van der Waals surface area (Å²) in [5.41, 5.74) is -0.577. The van der Waals surface area contributed by atoms with E-state index in [9.17, 15) is 18.0 Å². The zero-order valence-corrected chi connectivity index (χ0v) is 13.8. The number of carbonyl (C=O) groups is 1. The molecule has 0 radical (unpaired) electrons. The first kappa shape index (κ1) is 16.9.